The van der Waals surface area contributed by atoms with Gasteiger partial charge in [0.1, 0.15) is 46.7 Å². The lowest BCUT2D eigenvalue weighted by molar-refractivity contribution is -0.167. The number of hydrogen-bond donors (Lipinski definition) is 1. The minimum absolute atomic E-state index is 0.0433. The Labute approximate surface area is 286 Å². The molecule has 0 saturated heterocycles. The van der Waals surface area contributed by atoms with Crippen molar-refractivity contribution in [3.05, 3.63) is 88.9 Å². The number of aliphatic imine (C=N–C) groups is 1. The van der Waals surface area contributed by atoms with Crippen molar-refractivity contribution >= 4 is 27.7 Å². The van der Waals surface area contributed by atoms with Crippen LogP contribution in [0, 0.1) is 5.82 Å². The fraction of sp³-hybridized carbons (Fsp3) is 0.333. The Bertz CT molecular complexity index is 1840. The van der Waals surface area contributed by atoms with Crippen molar-refractivity contribution in [3.8, 4) is 23.0 Å². The second-order valence-electron chi connectivity index (χ2n) is 11.1. The molecule has 0 saturated carbocycles. The van der Waals surface area contributed by atoms with Crippen molar-refractivity contribution in [2.75, 3.05) is 46.6 Å². The van der Waals surface area contributed by atoms with Crippen LogP contribution in [0.15, 0.2) is 71.4 Å². The molecule has 12 nitrogen and oxygen atoms in total. The molecule has 1 N–H and O–H groups in total. The molecule has 1 atom stereocenters. The molecule has 1 aliphatic heterocycles. The number of carbonyl (C=O) groups excluding carboxylic acids is 1. The molecule has 270 valence electrons. The van der Waals surface area contributed by atoms with Gasteiger partial charge in [0, 0.05) is 34.5 Å². The van der Waals surface area contributed by atoms with Crippen LogP contribution in [0.5, 0.6) is 23.0 Å². The molecule has 0 spiro atoms. The number of amidine groups is 1. The monoisotopic (exact) mass is 725 g/mol. The van der Waals surface area contributed by atoms with Crippen LogP contribution in [0.2, 0.25) is 0 Å². The summed E-state index contributed by atoms with van der Waals surface area (Å²) < 4.78 is 111. The number of benzene rings is 3. The fourth-order valence-corrected chi connectivity index (χ4v) is 5.31. The fourth-order valence-electron chi connectivity index (χ4n) is 4.98. The molecule has 1 heterocycles. The molecule has 0 radical (unpaired) electrons. The van der Waals surface area contributed by atoms with Crippen LogP contribution in [-0.2, 0) is 42.5 Å². The lowest BCUT2D eigenvalue weighted by Gasteiger charge is -2.35. The zero-order chi connectivity index (χ0) is 36.9. The number of rotatable bonds is 13. The number of halogens is 4. The normalized spacial score (nSPS) is 16.0. The Morgan fingerprint density at radius 1 is 0.900 bits per heavy atom. The van der Waals surface area contributed by atoms with Crippen molar-refractivity contribution in [1.29, 1.82) is 0 Å². The van der Waals surface area contributed by atoms with Gasteiger partial charge in [-0.15, -0.1) is 0 Å². The highest BCUT2D eigenvalue weighted by Gasteiger charge is 2.40. The molecule has 17 heteroatoms. The van der Waals surface area contributed by atoms with Gasteiger partial charge < -0.3 is 33.9 Å². The van der Waals surface area contributed by atoms with Gasteiger partial charge in [0.05, 0.1) is 47.8 Å². The number of alkyl halides is 3. The highest BCUT2D eigenvalue weighted by molar-refractivity contribution is 7.86. The second-order valence-corrected chi connectivity index (χ2v) is 12.7. The molecule has 4 rings (SSSR count). The predicted octanol–water partition coefficient (Wildman–Crippen LogP) is 5.52. The van der Waals surface area contributed by atoms with E-state index in [-0.39, 0.29) is 36.1 Å². The van der Waals surface area contributed by atoms with Crippen LogP contribution in [-0.4, -0.2) is 72.7 Å². The van der Waals surface area contributed by atoms with E-state index in [1.54, 1.807) is 46.6 Å². The summed E-state index contributed by atoms with van der Waals surface area (Å²) in [6.07, 6.45) is -3.10. The summed E-state index contributed by atoms with van der Waals surface area (Å²) in [5.74, 6) is -1.35. The quantitative estimate of drug-likeness (QED) is 0.177. The van der Waals surface area contributed by atoms with Gasteiger partial charge >= 0.3 is 12.1 Å². The number of hydrogen-bond acceptors (Lipinski definition) is 11. The van der Waals surface area contributed by atoms with Gasteiger partial charge in [0.2, 0.25) is 0 Å². The summed E-state index contributed by atoms with van der Waals surface area (Å²) in [7, 11) is 1.94. The second kappa shape index (κ2) is 15.2. The highest BCUT2D eigenvalue weighted by atomic mass is 32.2. The molecule has 3 aromatic carbocycles. The minimum atomic E-state index is -5.20. The van der Waals surface area contributed by atoms with E-state index >= 15 is 4.39 Å². The Kier molecular flexibility index (Phi) is 11.5. The summed E-state index contributed by atoms with van der Waals surface area (Å²) in [6.45, 7) is 0.887. The number of nitrogens with one attached hydrogen (secondary N) is 1. The maximum Gasteiger partial charge on any atom is 0.471 e. The van der Waals surface area contributed by atoms with E-state index < -0.39 is 40.2 Å². The van der Waals surface area contributed by atoms with E-state index in [1.165, 1.54) is 41.4 Å². The van der Waals surface area contributed by atoms with Crippen LogP contribution in [0.4, 0.5) is 23.2 Å². The van der Waals surface area contributed by atoms with Crippen molar-refractivity contribution in [3.63, 3.8) is 0 Å². The summed E-state index contributed by atoms with van der Waals surface area (Å²) in [5.41, 5.74) is -1.11. The first-order valence-corrected chi connectivity index (χ1v) is 16.5. The highest BCUT2D eigenvalue weighted by Crippen LogP contribution is 2.38. The van der Waals surface area contributed by atoms with Gasteiger partial charge in [-0.1, -0.05) is 0 Å². The third kappa shape index (κ3) is 9.35. The molecule has 50 heavy (non-hydrogen) atoms. The van der Waals surface area contributed by atoms with Gasteiger partial charge in [-0.2, -0.15) is 21.6 Å². The van der Waals surface area contributed by atoms with E-state index in [0.717, 1.165) is 24.5 Å². The SMILES string of the molecule is COc1ccc(CN(Cc2ccc(OC)cc2OC)C2=N[C@](C)(c3cc(NC(=O)C(F)(F)F)ccc3F)C=C(COS(C)(=O)=O)O2)c(OC)c1. The largest absolute Gasteiger partial charge is 0.497 e. The number of carbonyl (C=O) groups is 1. The summed E-state index contributed by atoms with van der Waals surface area (Å²) in [6, 6.07) is 12.9. The molecule has 0 bridgehead atoms. The number of amides is 1. The Morgan fingerprint density at radius 2 is 1.46 bits per heavy atom. The third-order valence-electron chi connectivity index (χ3n) is 7.42. The third-order valence-corrected chi connectivity index (χ3v) is 7.96. The average Bonchev–Trinajstić information content (AvgIpc) is 3.07. The Hall–Kier alpha value is -5.03. The summed E-state index contributed by atoms with van der Waals surface area (Å²) >= 11 is 0. The zero-order valence-electron chi connectivity index (χ0n) is 27.9. The Morgan fingerprint density at radius 3 is 1.94 bits per heavy atom. The minimum Gasteiger partial charge on any atom is -0.497 e. The van der Waals surface area contributed by atoms with E-state index in [4.69, 9.17) is 32.9 Å². The standard InChI is InChI=1S/C33H35F4N3O9S/c1-32(26-13-22(9-12-27(26)34)38-30(41)33(35,36)37)16-25(19-48-50(6,42)43)49-31(39-32)40(17-20-7-10-23(44-2)14-28(20)46-4)18-21-8-11-24(45-3)15-29(21)47-5/h7-16H,17-19H2,1-6H3,(H,38,41)/t32-/m0/s1. The number of nitrogens with zero attached hydrogens (tertiary/aromatic N) is 2. The van der Waals surface area contributed by atoms with Crippen LogP contribution in [0.1, 0.15) is 23.6 Å². The Balaban J connectivity index is 1.89. The molecule has 0 aromatic heterocycles. The first-order valence-electron chi connectivity index (χ1n) is 14.7. The lowest BCUT2D eigenvalue weighted by atomic mass is 9.90. The van der Waals surface area contributed by atoms with Gasteiger partial charge in [-0.25, -0.2) is 9.38 Å². The van der Waals surface area contributed by atoms with E-state index in [1.807, 2.05) is 0 Å². The van der Waals surface area contributed by atoms with Crippen molar-refractivity contribution in [1.82, 2.24) is 4.90 Å². The topological polar surface area (TPSA) is 134 Å². The molecular formula is C33H35F4N3O9S. The van der Waals surface area contributed by atoms with Crippen LogP contribution >= 0.6 is 0 Å². The predicted molar refractivity (Wildman–Crippen MR) is 174 cm³/mol. The lowest BCUT2D eigenvalue weighted by Crippen LogP contribution is -2.38. The van der Waals surface area contributed by atoms with Gasteiger partial charge in [-0.05, 0) is 55.5 Å². The molecule has 0 unspecified atom stereocenters. The van der Waals surface area contributed by atoms with Crippen molar-refractivity contribution < 1.29 is 58.6 Å². The molecule has 1 amide bonds. The van der Waals surface area contributed by atoms with Crippen LogP contribution in [0.3, 0.4) is 0 Å². The van der Waals surface area contributed by atoms with Crippen molar-refractivity contribution in [2.24, 2.45) is 4.99 Å². The summed E-state index contributed by atoms with van der Waals surface area (Å²) in [4.78, 5) is 18.0. The number of ether oxygens (including phenoxy) is 5. The average molecular weight is 726 g/mol. The molecular weight excluding hydrogens is 690 g/mol. The zero-order valence-corrected chi connectivity index (χ0v) is 28.7. The number of anilines is 1. The molecule has 1 aliphatic rings. The summed E-state index contributed by atoms with van der Waals surface area (Å²) in [5, 5.41) is 1.71. The van der Waals surface area contributed by atoms with Crippen LogP contribution in [0.25, 0.3) is 0 Å². The molecule has 3 aromatic rings. The smallest absolute Gasteiger partial charge is 0.471 e. The van der Waals surface area contributed by atoms with Crippen LogP contribution < -0.4 is 24.3 Å². The van der Waals surface area contributed by atoms with Gasteiger partial charge in [0.25, 0.3) is 16.1 Å². The first-order chi connectivity index (χ1) is 23.5. The van der Waals surface area contributed by atoms with E-state index in [9.17, 15) is 26.4 Å². The maximum atomic E-state index is 15.6. The first kappa shape index (κ1) is 37.8. The van der Waals surface area contributed by atoms with Crippen molar-refractivity contribution in [2.45, 2.75) is 31.7 Å². The maximum absolute atomic E-state index is 15.6. The van der Waals surface area contributed by atoms with E-state index in [2.05, 4.69) is 0 Å². The van der Waals surface area contributed by atoms with Gasteiger partial charge in [0.15, 0.2) is 0 Å². The molecule has 0 fully saturated rings. The number of methoxy groups -OCH3 is 4. The molecule has 0 aliphatic carbocycles. The van der Waals surface area contributed by atoms with E-state index in [0.29, 0.717) is 34.1 Å². The van der Waals surface area contributed by atoms with Gasteiger partial charge in [-0.3, -0.25) is 8.98 Å².